The molecule has 0 aliphatic carbocycles. The Morgan fingerprint density at radius 3 is 1.94 bits per heavy atom. The zero-order valence-electron chi connectivity index (χ0n) is 20.5. The lowest BCUT2D eigenvalue weighted by Crippen LogP contribution is -2.49. The maximum atomic E-state index is 12.7. The van der Waals surface area contributed by atoms with Gasteiger partial charge in [-0.1, -0.05) is 13.8 Å². The van der Waals surface area contributed by atoms with Crippen LogP contribution in [0.1, 0.15) is 33.6 Å². The van der Waals surface area contributed by atoms with E-state index in [4.69, 9.17) is 11.5 Å². The van der Waals surface area contributed by atoms with E-state index in [0.29, 0.717) is 17.8 Å². The van der Waals surface area contributed by atoms with Crippen LogP contribution >= 0.6 is 0 Å². The predicted molar refractivity (Wildman–Crippen MR) is 133 cm³/mol. The number of benzene rings is 1. The maximum absolute atomic E-state index is 12.7. The molecule has 36 heavy (non-hydrogen) atoms. The number of hydrogen-bond donors (Lipinski definition) is 6. The quantitative estimate of drug-likeness (QED) is 0.177. The fourth-order valence-corrected chi connectivity index (χ4v) is 2.89. The second-order valence-corrected chi connectivity index (χ2v) is 7.49. The molecular formula is C23H33N7O6. The van der Waals surface area contributed by atoms with Gasteiger partial charge in [-0.2, -0.15) is 0 Å². The number of anilines is 2. The normalized spacial score (nSPS) is 13.7. The van der Waals surface area contributed by atoms with Gasteiger partial charge in [0.25, 0.3) is 11.8 Å². The van der Waals surface area contributed by atoms with Gasteiger partial charge in [0.05, 0.1) is 6.04 Å². The number of carbonyl (C=O) groups is 6. The van der Waals surface area contributed by atoms with Crippen molar-refractivity contribution in [1.82, 2.24) is 15.5 Å². The summed E-state index contributed by atoms with van der Waals surface area (Å²) in [5.41, 5.74) is 11.3. The van der Waals surface area contributed by atoms with Crippen molar-refractivity contribution in [3.05, 3.63) is 36.4 Å². The molecule has 0 aromatic heterocycles. The summed E-state index contributed by atoms with van der Waals surface area (Å²) in [4.78, 5) is 71.4. The summed E-state index contributed by atoms with van der Waals surface area (Å²) < 4.78 is 0. The molecule has 13 heteroatoms. The van der Waals surface area contributed by atoms with E-state index in [1.54, 1.807) is 0 Å². The molecule has 0 unspecified atom stereocenters. The van der Waals surface area contributed by atoms with Crippen molar-refractivity contribution in [2.24, 2.45) is 11.5 Å². The van der Waals surface area contributed by atoms with Gasteiger partial charge in [0.2, 0.25) is 17.7 Å². The van der Waals surface area contributed by atoms with Gasteiger partial charge < -0.3 is 32.7 Å². The molecule has 0 saturated carbocycles. The van der Waals surface area contributed by atoms with Gasteiger partial charge >= 0.3 is 6.03 Å². The van der Waals surface area contributed by atoms with Crippen LogP contribution in [-0.2, 0) is 24.0 Å². The molecular weight excluding hydrogens is 470 g/mol. The summed E-state index contributed by atoms with van der Waals surface area (Å²) in [5.74, 6) is -2.69. The Morgan fingerprint density at radius 1 is 0.917 bits per heavy atom. The monoisotopic (exact) mass is 503 g/mol. The smallest absolute Gasteiger partial charge is 0.312 e. The van der Waals surface area contributed by atoms with Crippen LogP contribution in [0.5, 0.6) is 0 Å². The highest BCUT2D eigenvalue weighted by atomic mass is 16.2. The molecule has 2 rings (SSSR count). The van der Waals surface area contributed by atoms with Gasteiger partial charge in [-0.3, -0.25) is 28.9 Å². The van der Waals surface area contributed by atoms with Crippen LogP contribution < -0.4 is 32.7 Å². The highest BCUT2D eigenvalue weighted by Gasteiger charge is 2.25. The highest BCUT2D eigenvalue weighted by molar-refractivity contribution is 6.15. The first-order valence-electron chi connectivity index (χ1n) is 11.4. The molecule has 0 bridgehead atoms. The van der Waals surface area contributed by atoms with E-state index in [1.165, 1.54) is 31.2 Å². The summed E-state index contributed by atoms with van der Waals surface area (Å²) in [7, 11) is 0. The molecule has 13 nitrogen and oxygen atoms in total. The molecule has 1 aromatic carbocycles. The Hall–Kier alpha value is -4.26. The van der Waals surface area contributed by atoms with Crippen molar-refractivity contribution in [3.63, 3.8) is 0 Å². The lowest BCUT2D eigenvalue weighted by atomic mass is 10.1. The van der Waals surface area contributed by atoms with Crippen LogP contribution in [0.3, 0.4) is 0 Å². The SMILES string of the molecule is CC.C[C@H](N)C(=O)N[C@@H](CCCNC(N)=O)C(=O)Nc1ccc(NC(=O)CN2C(=O)C=CC2=O)cc1. The van der Waals surface area contributed by atoms with Crippen molar-refractivity contribution in [1.29, 1.82) is 0 Å². The minimum absolute atomic E-state index is 0.224. The van der Waals surface area contributed by atoms with Crippen molar-refractivity contribution in [2.75, 3.05) is 23.7 Å². The third-order valence-electron chi connectivity index (χ3n) is 4.65. The highest BCUT2D eigenvalue weighted by Crippen LogP contribution is 2.15. The lowest BCUT2D eigenvalue weighted by Gasteiger charge is -2.20. The third-order valence-corrected chi connectivity index (χ3v) is 4.65. The molecule has 1 aromatic rings. The summed E-state index contributed by atoms with van der Waals surface area (Å²) in [6.07, 6.45) is 2.78. The number of amides is 7. The van der Waals surface area contributed by atoms with E-state index in [9.17, 15) is 28.8 Å². The number of imide groups is 1. The van der Waals surface area contributed by atoms with Gasteiger partial charge in [-0.25, -0.2) is 4.79 Å². The molecule has 8 N–H and O–H groups in total. The molecule has 0 fully saturated rings. The number of rotatable bonds is 11. The molecule has 7 amide bonds. The topological polar surface area (TPSA) is 206 Å². The number of nitrogens with two attached hydrogens (primary N) is 2. The Labute approximate surface area is 209 Å². The fourth-order valence-electron chi connectivity index (χ4n) is 2.89. The summed E-state index contributed by atoms with van der Waals surface area (Å²) >= 11 is 0. The van der Waals surface area contributed by atoms with E-state index in [-0.39, 0.29) is 13.0 Å². The summed E-state index contributed by atoms with van der Waals surface area (Å²) in [5, 5.41) is 10.2. The molecule has 1 aliphatic heterocycles. The lowest BCUT2D eigenvalue weighted by molar-refractivity contribution is -0.139. The van der Waals surface area contributed by atoms with E-state index in [2.05, 4.69) is 21.3 Å². The Morgan fingerprint density at radius 2 is 1.44 bits per heavy atom. The Kier molecular flexibility index (Phi) is 12.3. The summed E-state index contributed by atoms with van der Waals surface area (Å²) in [6.45, 7) is 5.29. The van der Waals surface area contributed by atoms with Crippen molar-refractivity contribution < 1.29 is 28.8 Å². The number of hydrogen-bond acceptors (Lipinski definition) is 7. The summed E-state index contributed by atoms with van der Waals surface area (Å²) in [6, 6.07) is 3.68. The second kappa shape index (κ2) is 14.9. The molecule has 1 heterocycles. The van der Waals surface area contributed by atoms with Crippen LogP contribution in [0.2, 0.25) is 0 Å². The number of urea groups is 1. The second-order valence-electron chi connectivity index (χ2n) is 7.49. The first-order valence-corrected chi connectivity index (χ1v) is 11.4. The van der Waals surface area contributed by atoms with Gasteiger partial charge in [-0.05, 0) is 44.0 Å². The van der Waals surface area contributed by atoms with Gasteiger partial charge in [-0.15, -0.1) is 0 Å². The van der Waals surface area contributed by atoms with E-state index >= 15 is 0 Å². The molecule has 0 spiro atoms. The first kappa shape index (κ1) is 29.8. The van der Waals surface area contributed by atoms with Gasteiger partial charge in [0, 0.05) is 30.1 Å². The van der Waals surface area contributed by atoms with E-state index < -0.39 is 54.2 Å². The van der Waals surface area contributed by atoms with Crippen LogP contribution in [0.25, 0.3) is 0 Å². The average Bonchev–Trinajstić information content (AvgIpc) is 3.15. The van der Waals surface area contributed by atoms with E-state index in [1.807, 2.05) is 13.8 Å². The van der Waals surface area contributed by atoms with E-state index in [0.717, 1.165) is 17.1 Å². The molecule has 196 valence electrons. The fraction of sp³-hybridized carbons (Fsp3) is 0.391. The van der Waals surface area contributed by atoms with Crippen LogP contribution in [0.15, 0.2) is 36.4 Å². The zero-order chi connectivity index (χ0) is 27.3. The molecule has 0 saturated heterocycles. The van der Waals surface area contributed by atoms with Crippen LogP contribution in [0.4, 0.5) is 16.2 Å². The Bertz CT molecular complexity index is 973. The maximum Gasteiger partial charge on any atom is 0.312 e. The Balaban J connectivity index is 0.00000316. The van der Waals surface area contributed by atoms with Gasteiger partial charge in [0.1, 0.15) is 12.6 Å². The number of carbonyl (C=O) groups excluding carboxylic acids is 6. The number of primary amides is 1. The molecule has 1 aliphatic rings. The zero-order valence-corrected chi connectivity index (χ0v) is 20.5. The largest absolute Gasteiger partial charge is 0.352 e. The van der Waals surface area contributed by atoms with Crippen molar-refractivity contribution >= 4 is 46.9 Å². The minimum Gasteiger partial charge on any atom is -0.352 e. The first-order chi connectivity index (χ1) is 17.1. The van der Waals surface area contributed by atoms with Gasteiger partial charge in [0.15, 0.2) is 0 Å². The molecule has 2 atom stereocenters. The standard InChI is InChI=1S/C21H27N7O6.C2H6/c1-12(22)19(32)27-15(3-2-10-24-21(23)34)20(33)26-14-6-4-13(5-7-14)25-16(29)11-28-17(30)8-9-18(28)31;1-2/h4-9,12,15H,2-3,10-11,22H2,1H3,(H,25,29)(H,26,33)(H,27,32)(H3,23,24,34);1-2H3/t12-,15-;/m0./s1. The third kappa shape index (κ3) is 9.93. The minimum atomic E-state index is -0.906. The molecule has 0 radical (unpaired) electrons. The average molecular weight is 504 g/mol. The van der Waals surface area contributed by atoms with Crippen LogP contribution in [-0.4, -0.2) is 65.6 Å². The number of nitrogens with zero attached hydrogens (tertiary/aromatic N) is 1. The van der Waals surface area contributed by atoms with Crippen molar-refractivity contribution in [3.8, 4) is 0 Å². The predicted octanol–water partition coefficient (Wildman–Crippen LogP) is -0.205. The van der Waals surface area contributed by atoms with Crippen molar-refractivity contribution in [2.45, 2.75) is 45.7 Å². The number of nitrogens with one attached hydrogen (secondary N) is 4. The van der Waals surface area contributed by atoms with Crippen LogP contribution in [0, 0.1) is 0 Å².